The summed E-state index contributed by atoms with van der Waals surface area (Å²) in [6, 6.07) is 8.71. The van der Waals surface area contributed by atoms with Gasteiger partial charge in [-0.15, -0.1) is 11.3 Å². The maximum Gasteiger partial charge on any atom is 0.355 e. The Morgan fingerprint density at radius 1 is 1.26 bits per heavy atom. The smallest absolute Gasteiger partial charge is 0.355 e. The normalized spacial score (nSPS) is 20.4. The first-order chi connectivity index (χ1) is 20.1. The number of carbonyl (C=O) groups is 3. The SMILES string of the molecule is C[C@@H](O)[C@H]1C(=O)N2C(C(=O)OCc3ccc([N+](=O)[O-])cc3)=C(c3cn4cnc(C(=O)c5ccc[n+](C)c5)c4s3)[C@H](C)[C@H]12. The molecule has 0 saturated carbocycles. The Morgan fingerprint density at radius 3 is 2.67 bits per heavy atom. The van der Waals surface area contributed by atoms with Gasteiger partial charge in [0.15, 0.2) is 12.4 Å². The molecule has 3 aromatic heterocycles. The van der Waals surface area contributed by atoms with Gasteiger partial charge in [0, 0.05) is 35.9 Å². The number of aromatic nitrogens is 3. The molecular formula is C29H26N5O7S+. The molecule has 2 aliphatic rings. The van der Waals surface area contributed by atoms with Crippen LogP contribution in [0.5, 0.6) is 0 Å². The molecule has 4 atom stereocenters. The molecule has 1 saturated heterocycles. The van der Waals surface area contributed by atoms with Crippen molar-refractivity contribution in [2.24, 2.45) is 18.9 Å². The van der Waals surface area contributed by atoms with Crippen LogP contribution in [-0.2, 0) is 28.0 Å². The largest absolute Gasteiger partial charge is 0.456 e. The minimum absolute atomic E-state index is 0.0829. The Balaban J connectivity index is 1.36. The van der Waals surface area contributed by atoms with Crippen LogP contribution >= 0.6 is 11.3 Å². The number of pyridine rings is 1. The summed E-state index contributed by atoms with van der Waals surface area (Å²) in [5.41, 5.74) is 1.89. The van der Waals surface area contributed by atoms with Crippen molar-refractivity contribution in [2.75, 3.05) is 0 Å². The maximum absolute atomic E-state index is 13.6. The number of nitrogens with zero attached hydrogens (tertiary/aromatic N) is 5. The van der Waals surface area contributed by atoms with E-state index in [0.717, 1.165) is 0 Å². The fraction of sp³-hybridized carbons (Fsp3) is 0.276. The molecule has 0 spiro atoms. The maximum atomic E-state index is 13.6. The quantitative estimate of drug-likeness (QED) is 0.0825. The number of benzene rings is 1. The molecule has 6 rings (SSSR count). The highest BCUT2D eigenvalue weighted by molar-refractivity contribution is 7.18. The molecule has 214 valence electrons. The Labute approximate surface area is 243 Å². The Hall–Kier alpha value is -4.75. The number of amides is 1. The molecule has 2 aliphatic heterocycles. The van der Waals surface area contributed by atoms with Crippen LogP contribution in [0.25, 0.3) is 10.4 Å². The van der Waals surface area contributed by atoms with Crippen LogP contribution in [0.4, 0.5) is 5.69 Å². The van der Waals surface area contributed by atoms with Gasteiger partial charge in [-0.05, 0) is 30.7 Å². The number of aliphatic hydroxyl groups is 1. The molecule has 1 amide bonds. The second-order valence-electron chi connectivity index (χ2n) is 10.5. The number of β-lactam (4-membered cyclic amide) rings is 1. The fourth-order valence-electron chi connectivity index (χ4n) is 5.75. The monoisotopic (exact) mass is 588 g/mol. The van der Waals surface area contributed by atoms with Gasteiger partial charge < -0.3 is 14.7 Å². The number of ketones is 1. The topological polar surface area (TPSA) is 148 Å². The van der Waals surface area contributed by atoms with Crippen molar-refractivity contribution in [3.63, 3.8) is 0 Å². The lowest BCUT2D eigenvalue weighted by Crippen LogP contribution is -2.63. The van der Waals surface area contributed by atoms with E-state index in [4.69, 9.17) is 4.74 Å². The number of nitro benzene ring substituents is 1. The van der Waals surface area contributed by atoms with E-state index in [1.54, 1.807) is 40.4 Å². The van der Waals surface area contributed by atoms with Crippen LogP contribution in [0.2, 0.25) is 0 Å². The van der Waals surface area contributed by atoms with Gasteiger partial charge in [-0.2, -0.15) is 0 Å². The zero-order valence-electron chi connectivity index (χ0n) is 22.8. The number of ether oxygens (including phenoxy) is 1. The predicted molar refractivity (Wildman–Crippen MR) is 149 cm³/mol. The van der Waals surface area contributed by atoms with Crippen molar-refractivity contribution in [1.29, 1.82) is 0 Å². The van der Waals surface area contributed by atoms with Crippen molar-refractivity contribution in [2.45, 2.75) is 32.6 Å². The average Bonchev–Trinajstić information content (AvgIpc) is 3.61. The summed E-state index contributed by atoms with van der Waals surface area (Å²) in [4.78, 5) is 57.5. The summed E-state index contributed by atoms with van der Waals surface area (Å²) in [6.07, 6.45) is 5.95. The molecule has 12 nitrogen and oxygen atoms in total. The number of aliphatic hydroxyl groups excluding tert-OH is 1. The summed E-state index contributed by atoms with van der Waals surface area (Å²) < 4.78 is 9.10. The van der Waals surface area contributed by atoms with Crippen LogP contribution in [-0.4, -0.2) is 54.1 Å². The number of fused-ring (bicyclic) bond motifs is 2. The zero-order valence-corrected chi connectivity index (χ0v) is 23.6. The summed E-state index contributed by atoms with van der Waals surface area (Å²) in [5.74, 6) is -2.31. The predicted octanol–water partition coefficient (Wildman–Crippen LogP) is 2.67. The van der Waals surface area contributed by atoms with Gasteiger partial charge >= 0.3 is 5.97 Å². The first-order valence-electron chi connectivity index (χ1n) is 13.2. The highest BCUT2D eigenvalue weighted by atomic mass is 32.1. The molecule has 0 bridgehead atoms. The van der Waals surface area contributed by atoms with E-state index in [-0.39, 0.29) is 41.3 Å². The number of esters is 1. The number of hydrogen-bond acceptors (Lipinski definition) is 9. The lowest BCUT2D eigenvalue weighted by molar-refractivity contribution is -0.671. The number of nitro groups is 1. The standard InChI is InChI=1S/C29H26N5O7S/c1-15-21(20-12-32-14-30-23(28(32)42-20)26(36)18-5-4-10-31(3)11-18)25(33-24(15)22(16(2)35)27(33)37)29(38)41-13-17-6-8-19(9-7-17)34(39)40/h4-12,14-16,22,24,35H,13H2,1-3H3/q+1/t15-,16+,22+,24+/m0/s1. The summed E-state index contributed by atoms with van der Waals surface area (Å²) >= 11 is 1.28. The fourth-order valence-corrected chi connectivity index (χ4v) is 6.97. The van der Waals surface area contributed by atoms with Gasteiger partial charge in [0.25, 0.3) is 5.69 Å². The average molecular weight is 589 g/mol. The van der Waals surface area contributed by atoms with E-state index in [1.807, 2.05) is 20.2 Å². The number of carbonyl (C=O) groups excluding carboxylic acids is 3. The van der Waals surface area contributed by atoms with Crippen molar-refractivity contribution in [3.8, 4) is 0 Å². The molecule has 13 heteroatoms. The van der Waals surface area contributed by atoms with E-state index < -0.39 is 29.0 Å². The molecule has 0 aliphatic carbocycles. The van der Waals surface area contributed by atoms with E-state index in [9.17, 15) is 29.6 Å². The van der Waals surface area contributed by atoms with Gasteiger partial charge in [-0.25, -0.2) is 14.3 Å². The Bertz CT molecular complexity index is 1810. The van der Waals surface area contributed by atoms with E-state index >= 15 is 0 Å². The molecule has 0 unspecified atom stereocenters. The van der Waals surface area contributed by atoms with E-state index in [1.165, 1.54) is 46.8 Å². The Kier molecular flexibility index (Phi) is 6.70. The van der Waals surface area contributed by atoms with Crippen molar-refractivity contribution in [3.05, 3.63) is 98.8 Å². The van der Waals surface area contributed by atoms with Crippen LogP contribution in [0.3, 0.4) is 0 Å². The molecule has 1 aromatic carbocycles. The van der Waals surface area contributed by atoms with Crippen molar-refractivity contribution >= 4 is 45.1 Å². The molecule has 1 fully saturated rings. The summed E-state index contributed by atoms with van der Waals surface area (Å²) in [7, 11) is 1.82. The van der Waals surface area contributed by atoms with Crippen LogP contribution in [0.1, 0.15) is 40.3 Å². The van der Waals surface area contributed by atoms with Crippen LogP contribution < -0.4 is 4.57 Å². The molecule has 42 heavy (non-hydrogen) atoms. The number of hydrogen-bond donors (Lipinski definition) is 1. The van der Waals surface area contributed by atoms with E-state index in [2.05, 4.69) is 4.98 Å². The number of non-ortho nitro benzene ring substituents is 1. The first kappa shape index (κ1) is 27.4. The van der Waals surface area contributed by atoms with E-state index in [0.29, 0.717) is 26.4 Å². The van der Waals surface area contributed by atoms with Gasteiger partial charge in [-0.1, -0.05) is 6.92 Å². The first-order valence-corrected chi connectivity index (χ1v) is 14.0. The number of rotatable bonds is 8. The van der Waals surface area contributed by atoms with Crippen LogP contribution in [0, 0.1) is 22.0 Å². The molecule has 1 N–H and O–H groups in total. The molecular weight excluding hydrogens is 562 g/mol. The van der Waals surface area contributed by atoms with Gasteiger partial charge in [-0.3, -0.25) is 24.1 Å². The Morgan fingerprint density at radius 2 is 2.00 bits per heavy atom. The molecule has 5 heterocycles. The lowest BCUT2D eigenvalue weighted by atomic mass is 9.77. The van der Waals surface area contributed by atoms with Gasteiger partial charge in [0.2, 0.25) is 11.7 Å². The molecule has 4 aromatic rings. The second kappa shape index (κ2) is 10.3. The highest BCUT2D eigenvalue weighted by Gasteiger charge is 2.60. The van der Waals surface area contributed by atoms with Gasteiger partial charge in [0.1, 0.15) is 36.2 Å². The third-order valence-corrected chi connectivity index (χ3v) is 8.92. The second-order valence-corrected chi connectivity index (χ2v) is 11.5. The van der Waals surface area contributed by atoms with Crippen molar-refractivity contribution < 1.29 is 33.7 Å². The third kappa shape index (κ3) is 4.37. The van der Waals surface area contributed by atoms with Gasteiger partial charge in [0.05, 0.1) is 33.4 Å². The summed E-state index contributed by atoms with van der Waals surface area (Å²) in [6.45, 7) is 3.30. The summed E-state index contributed by atoms with van der Waals surface area (Å²) in [5, 5.41) is 21.3. The lowest BCUT2D eigenvalue weighted by Gasteiger charge is -2.46. The molecule has 0 radical (unpaired) electrons. The number of aryl methyl sites for hydroxylation is 1. The number of imidazole rings is 1. The highest BCUT2D eigenvalue weighted by Crippen LogP contribution is 2.52. The van der Waals surface area contributed by atoms with Crippen LogP contribution in [0.15, 0.2) is 67.0 Å². The number of thiazole rings is 1. The van der Waals surface area contributed by atoms with Crippen molar-refractivity contribution in [1.82, 2.24) is 14.3 Å². The minimum atomic E-state index is -0.905. The third-order valence-electron chi connectivity index (χ3n) is 7.78. The minimum Gasteiger partial charge on any atom is -0.456 e. The zero-order chi connectivity index (χ0) is 29.9.